The smallest absolute Gasteiger partial charge is 0.465 e. The first-order chi connectivity index (χ1) is 9.53. The van der Waals surface area contributed by atoms with E-state index >= 15 is 0 Å². The van der Waals surface area contributed by atoms with Crippen LogP contribution in [0.4, 0.5) is 19.3 Å². The van der Waals surface area contributed by atoms with Gasteiger partial charge in [0.1, 0.15) is 11.6 Å². The molecule has 1 fully saturated rings. The van der Waals surface area contributed by atoms with Crippen molar-refractivity contribution >= 4 is 24.4 Å². The van der Waals surface area contributed by atoms with E-state index in [0.29, 0.717) is 6.07 Å². The number of carboxylic acid groups (broad SMARTS) is 1. The molecular formula is C13H16BF2NO4. The van der Waals surface area contributed by atoms with E-state index in [2.05, 4.69) is 0 Å². The molecule has 2 N–H and O–H groups in total. The second-order valence-corrected chi connectivity index (χ2v) is 5.87. The summed E-state index contributed by atoms with van der Waals surface area (Å²) < 4.78 is 38.8. The van der Waals surface area contributed by atoms with Gasteiger partial charge in [0.2, 0.25) is 0 Å². The number of halogens is 2. The average Bonchev–Trinajstić information content (AvgIpc) is 2.51. The Morgan fingerprint density at radius 2 is 1.67 bits per heavy atom. The largest absolute Gasteiger partial charge is 0.497 e. The minimum atomic E-state index is -1.44. The molecule has 0 aromatic heterocycles. The molecule has 0 spiro atoms. The molecule has 5 nitrogen and oxygen atoms in total. The molecule has 0 radical (unpaired) electrons. The number of benzene rings is 1. The van der Waals surface area contributed by atoms with Gasteiger partial charge in [-0.1, -0.05) is 0 Å². The van der Waals surface area contributed by atoms with Crippen molar-refractivity contribution < 1.29 is 28.0 Å². The average molecular weight is 299 g/mol. The van der Waals surface area contributed by atoms with Crippen LogP contribution in [0.25, 0.3) is 0 Å². The van der Waals surface area contributed by atoms with Crippen molar-refractivity contribution in [2.45, 2.75) is 38.9 Å². The second kappa shape index (κ2) is 4.96. The van der Waals surface area contributed by atoms with Crippen molar-refractivity contribution in [1.29, 1.82) is 0 Å². The Morgan fingerprint density at radius 3 is 2.14 bits per heavy atom. The van der Waals surface area contributed by atoms with Gasteiger partial charge in [0.05, 0.1) is 16.9 Å². The number of nitrogens with one attached hydrogen (secondary N) is 1. The normalized spacial score (nSPS) is 19.6. The van der Waals surface area contributed by atoms with Crippen LogP contribution < -0.4 is 10.8 Å². The van der Waals surface area contributed by atoms with Crippen molar-refractivity contribution in [3.63, 3.8) is 0 Å². The van der Waals surface area contributed by atoms with Crippen molar-refractivity contribution in [2.24, 2.45) is 0 Å². The molecule has 1 heterocycles. The Labute approximate surface area is 121 Å². The quantitative estimate of drug-likeness (QED) is 0.823. The van der Waals surface area contributed by atoms with E-state index in [9.17, 15) is 13.6 Å². The van der Waals surface area contributed by atoms with Crippen LogP contribution in [0, 0.1) is 11.6 Å². The van der Waals surface area contributed by atoms with Gasteiger partial charge in [0.25, 0.3) is 0 Å². The van der Waals surface area contributed by atoms with Gasteiger partial charge in [-0.25, -0.2) is 13.6 Å². The molecule has 1 aromatic carbocycles. The minimum absolute atomic E-state index is 0.0567. The molecule has 0 saturated carbocycles. The Morgan fingerprint density at radius 1 is 1.14 bits per heavy atom. The zero-order valence-electron chi connectivity index (χ0n) is 12.2. The standard InChI is InChI=1S/C13H16BF2NO4/c1-12(2)13(3,4)21-14(20-12)7-5-10(17-11(18)19)9(16)6-8(7)15/h5-6,17H,1-4H3,(H,18,19). The molecule has 114 valence electrons. The van der Waals surface area contributed by atoms with Gasteiger partial charge in [0.15, 0.2) is 0 Å². The Balaban J connectivity index is 2.39. The van der Waals surface area contributed by atoms with Gasteiger partial charge >= 0.3 is 13.2 Å². The topological polar surface area (TPSA) is 67.8 Å². The Hall–Kier alpha value is -1.67. The van der Waals surface area contributed by atoms with Gasteiger partial charge in [0, 0.05) is 11.5 Å². The molecular weight excluding hydrogens is 283 g/mol. The molecule has 21 heavy (non-hydrogen) atoms. The lowest BCUT2D eigenvalue weighted by atomic mass is 9.78. The molecule has 1 saturated heterocycles. The summed E-state index contributed by atoms with van der Waals surface area (Å²) >= 11 is 0. The highest BCUT2D eigenvalue weighted by Crippen LogP contribution is 2.36. The van der Waals surface area contributed by atoms with Gasteiger partial charge in [-0.2, -0.15) is 0 Å². The van der Waals surface area contributed by atoms with E-state index in [1.54, 1.807) is 27.7 Å². The fraction of sp³-hybridized carbons (Fsp3) is 0.462. The van der Waals surface area contributed by atoms with Crippen LogP contribution in [-0.4, -0.2) is 29.5 Å². The lowest BCUT2D eigenvalue weighted by Gasteiger charge is -2.32. The summed E-state index contributed by atoms with van der Waals surface area (Å²) in [6, 6.07) is 1.65. The Kier molecular flexibility index (Phi) is 3.71. The second-order valence-electron chi connectivity index (χ2n) is 5.87. The third kappa shape index (κ3) is 2.86. The van der Waals surface area contributed by atoms with Crippen LogP contribution in [0.5, 0.6) is 0 Å². The van der Waals surface area contributed by atoms with E-state index in [1.807, 2.05) is 5.32 Å². The fourth-order valence-corrected chi connectivity index (χ4v) is 1.93. The van der Waals surface area contributed by atoms with Crippen molar-refractivity contribution in [1.82, 2.24) is 0 Å². The van der Waals surface area contributed by atoms with Crippen LogP contribution in [0.3, 0.4) is 0 Å². The first-order valence-corrected chi connectivity index (χ1v) is 6.38. The van der Waals surface area contributed by atoms with Crippen LogP contribution in [-0.2, 0) is 9.31 Å². The molecule has 0 unspecified atom stereocenters. The SMILES string of the molecule is CC1(C)OB(c2cc(NC(=O)O)c(F)cc2F)OC1(C)C. The van der Waals surface area contributed by atoms with Crippen molar-refractivity contribution in [3.05, 3.63) is 23.8 Å². The van der Waals surface area contributed by atoms with Crippen molar-refractivity contribution in [2.75, 3.05) is 5.32 Å². The predicted octanol–water partition coefficient (Wildman–Crippen LogP) is 2.35. The molecule has 1 amide bonds. The van der Waals surface area contributed by atoms with Gasteiger partial charge in [-0.05, 0) is 33.8 Å². The molecule has 0 bridgehead atoms. The number of hydrogen-bond acceptors (Lipinski definition) is 3. The maximum absolute atomic E-state index is 13.9. The van der Waals surface area contributed by atoms with E-state index in [4.69, 9.17) is 14.4 Å². The third-order valence-corrected chi connectivity index (χ3v) is 3.84. The molecule has 0 atom stereocenters. The lowest BCUT2D eigenvalue weighted by molar-refractivity contribution is 0.00578. The van der Waals surface area contributed by atoms with Gasteiger partial charge in [-0.15, -0.1) is 0 Å². The zero-order valence-corrected chi connectivity index (χ0v) is 12.2. The van der Waals surface area contributed by atoms with E-state index < -0.39 is 36.0 Å². The zero-order chi connectivity index (χ0) is 16.0. The Bertz CT molecular complexity index is 576. The molecule has 2 rings (SSSR count). The van der Waals surface area contributed by atoms with Crippen molar-refractivity contribution in [3.8, 4) is 0 Å². The monoisotopic (exact) mass is 299 g/mol. The summed E-state index contributed by atoms with van der Waals surface area (Å²) in [5, 5.41) is 10.5. The number of carbonyl (C=O) groups is 1. The van der Waals surface area contributed by atoms with E-state index in [-0.39, 0.29) is 11.2 Å². The number of hydrogen-bond donors (Lipinski definition) is 2. The molecule has 1 aliphatic heterocycles. The van der Waals surface area contributed by atoms with Crippen LogP contribution in [0.1, 0.15) is 27.7 Å². The van der Waals surface area contributed by atoms with Gasteiger partial charge < -0.3 is 14.4 Å². The number of rotatable bonds is 2. The molecule has 8 heteroatoms. The predicted molar refractivity (Wildman–Crippen MR) is 73.7 cm³/mol. The summed E-state index contributed by atoms with van der Waals surface area (Å²) in [5.41, 5.74) is -1.77. The maximum atomic E-state index is 13.9. The van der Waals surface area contributed by atoms with Crippen LogP contribution >= 0.6 is 0 Å². The van der Waals surface area contributed by atoms with Crippen LogP contribution in [0.2, 0.25) is 0 Å². The molecule has 0 aliphatic carbocycles. The first kappa shape index (κ1) is 15.7. The summed E-state index contributed by atoms with van der Waals surface area (Å²) in [7, 11) is -1.04. The summed E-state index contributed by atoms with van der Waals surface area (Å²) in [4.78, 5) is 10.6. The highest BCUT2D eigenvalue weighted by atomic mass is 19.1. The highest BCUT2D eigenvalue weighted by molar-refractivity contribution is 6.62. The third-order valence-electron chi connectivity index (χ3n) is 3.84. The lowest BCUT2D eigenvalue weighted by Crippen LogP contribution is -2.41. The first-order valence-electron chi connectivity index (χ1n) is 6.38. The highest BCUT2D eigenvalue weighted by Gasteiger charge is 2.52. The minimum Gasteiger partial charge on any atom is -0.465 e. The summed E-state index contributed by atoms with van der Waals surface area (Å²) in [5.74, 6) is -1.86. The van der Waals surface area contributed by atoms with Gasteiger partial charge in [-0.3, -0.25) is 5.32 Å². The molecule has 1 aromatic rings. The summed E-state index contributed by atoms with van der Waals surface area (Å²) in [6.07, 6.45) is -1.44. The summed E-state index contributed by atoms with van der Waals surface area (Å²) in [6.45, 7) is 7.19. The number of anilines is 1. The maximum Gasteiger partial charge on any atom is 0.497 e. The van der Waals surface area contributed by atoms with E-state index in [0.717, 1.165) is 6.07 Å². The van der Waals surface area contributed by atoms with Crippen LogP contribution in [0.15, 0.2) is 12.1 Å². The molecule has 1 aliphatic rings. The van der Waals surface area contributed by atoms with E-state index in [1.165, 1.54) is 0 Å². The fourth-order valence-electron chi connectivity index (χ4n) is 1.93. The number of amides is 1.